The van der Waals surface area contributed by atoms with Crippen molar-refractivity contribution in [1.82, 2.24) is 0 Å². The van der Waals surface area contributed by atoms with Crippen molar-refractivity contribution in [2.24, 2.45) is 11.8 Å². The van der Waals surface area contributed by atoms with Crippen LogP contribution in [-0.4, -0.2) is 31.3 Å². The molecule has 0 radical (unpaired) electrons. The molecule has 0 unspecified atom stereocenters. The van der Waals surface area contributed by atoms with Crippen LogP contribution in [0.1, 0.15) is 54.4 Å². The maximum Gasteiger partial charge on any atom is 0.163 e. The highest BCUT2D eigenvalue weighted by atomic mass is 35.5. The summed E-state index contributed by atoms with van der Waals surface area (Å²) in [5, 5.41) is 9.34. The average molecular weight is 451 g/mol. The number of nitrogens with zero attached hydrogens (tertiary/aromatic N) is 2. The molecule has 0 atom stereocenters. The number of rotatable bonds is 8. The van der Waals surface area contributed by atoms with E-state index in [9.17, 15) is 9.59 Å². The van der Waals surface area contributed by atoms with E-state index in [0.717, 1.165) is 56.3 Å². The molecular formula is C26H27ClN2O3. The molecular weight excluding hydrogens is 424 g/mol. The van der Waals surface area contributed by atoms with E-state index >= 15 is 0 Å². The van der Waals surface area contributed by atoms with Crippen LogP contribution in [0.25, 0.3) is 0 Å². The highest BCUT2D eigenvalue weighted by Crippen LogP contribution is 2.35. The van der Waals surface area contributed by atoms with Gasteiger partial charge in [-0.3, -0.25) is 4.79 Å². The number of ketones is 1. The van der Waals surface area contributed by atoms with Crippen LogP contribution in [0.2, 0.25) is 5.02 Å². The van der Waals surface area contributed by atoms with Crippen LogP contribution in [0.15, 0.2) is 42.5 Å². The Morgan fingerprint density at radius 1 is 1.12 bits per heavy atom. The predicted octanol–water partition coefficient (Wildman–Crippen LogP) is 5.45. The minimum atomic E-state index is 0.0846. The molecule has 1 aliphatic heterocycles. The van der Waals surface area contributed by atoms with E-state index in [1.54, 1.807) is 18.2 Å². The summed E-state index contributed by atoms with van der Waals surface area (Å²) in [6.45, 7) is 1.92. The van der Waals surface area contributed by atoms with Crippen LogP contribution < -0.4 is 9.64 Å². The first-order chi connectivity index (χ1) is 15.6. The number of anilines is 1. The van der Waals surface area contributed by atoms with Gasteiger partial charge >= 0.3 is 0 Å². The summed E-state index contributed by atoms with van der Waals surface area (Å²) in [6, 6.07) is 15.1. The van der Waals surface area contributed by atoms with Crippen LogP contribution in [-0.2, 0) is 4.79 Å². The Labute approximate surface area is 193 Å². The Balaban J connectivity index is 1.23. The van der Waals surface area contributed by atoms with Gasteiger partial charge in [0.25, 0.3) is 0 Å². The number of hydrogen-bond acceptors (Lipinski definition) is 5. The fourth-order valence-corrected chi connectivity index (χ4v) is 4.80. The summed E-state index contributed by atoms with van der Waals surface area (Å²) in [4.78, 5) is 25.7. The third-order valence-electron chi connectivity index (χ3n) is 6.63. The van der Waals surface area contributed by atoms with Crippen molar-refractivity contribution in [1.29, 1.82) is 5.26 Å². The van der Waals surface area contributed by atoms with Crippen LogP contribution in [0.3, 0.4) is 0 Å². The minimum absolute atomic E-state index is 0.0846. The smallest absolute Gasteiger partial charge is 0.163 e. The Morgan fingerprint density at radius 2 is 1.84 bits per heavy atom. The van der Waals surface area contributed by atoms with Gasteiger partial charge in [0.2, 0.25) is 0 Å². The Morgan fingerprint density at radius 3 is 2.47 bits per heavy atom. The zero-order chi connectivity index (χ0) is 22.5. The molecule has 2 aromatic carbocycles. The molecule has 2 fully saturated rings. The van der Waals surface area contributed by atoms with Crippen LogP contribution in [0, 0.1) is 23.2 Å². The second kappa shape index (κ2) is 10.2. The molecule has 2 aliphatic rings. The Bertz CT molecular complexity index is 1000. The van der Waals surface area contributed by atoms with E-state index in [4.69, 9.17) is 21.6 Å². The zero-order valence-corrected chi connectivity index (χ0v) is 18.8. The summed E-state index contributed by atoms with van der Waals surface area (Å²) in [7, 11) is 0. The molecule has 0 amide bonds. The Hall–Kier alpha value is -2.84. The number of nitriles is 1. The predicted molar refractivity (Wildman–Crippen MR) is 124 cm³/mol. The topological polar surface area (TPSA) is 70.4 Å². The molecule has 1 aliphatic carbocycles. The number of aldehydes is 1. The number of Topliss-reactive ketones (excluding diaryl/α,β-unsaturated/α-hetero) is 1. The molecule has 5 nitrogen and oxygen atoms in total. The second-order valence-electron chi connectivity index (χ2n) is 8.84. The van der Waals surface area contributed by atoms with E-state index in [1.807, 2.05) is 30.3 Å². The lowest BCUT2D eigenvalue weighted by atomic mass is 9.78. The number of piperidine rings is 1. The normalized spacial score (nSPS) is 20.8. The van der Waals surface area contributed by atoms with E-state index in [-0.39, 0.29) is 11.9 Å². The molecule has 4 rings (SSSR count). The summed E-state index contributed by atoms with van der Waals surface area (Å²) in [5.41, 5.74) is 2.33. The molecule has 1 heterocycles. The van der Waals surface area contributed by atoms with Crippen molar-refractivity contribution in [3.8, 4) is 11.8 Å². The number of hydrogen-bond donors (Lipinski definition) is 0. The SMILES string of the molecule is N#Cc1ccc(OC2CC(CC(=O)c3ccc(N4CCC(CC=O)CC4)cc3)C2)cc1Cl. The molecule has 6 heteroatoms. The van der Waals surface area contributed by atoms with E-state index in [2.05, 4.69) is 4.90 Å². The maximum absolute atomic E-state index is 12.7. The first kappa shape index (κ1) is 22.4. The van der Waals surface area contributed by atoms with Crippen molar-refractivity contribution >= 4 is 29.4 Å². The fourth-order valence-electron chi connectivity index (χ4n) is 4.59. The van der Waals surface area contributed by atoms with Crippen molar-refractivity contribution in [3.05, 3.63) is 58.6 Å². The van der Waals surface area contributed by atoms with Crippen molar-refractivity contribution < 1.29 is 14.3 Å². The van der Waals surface area contributed by atoms with E-state index in [1.165, 1.54) is 0 Å². The number of carbonyl (C=O) groups is 2. The van der Waals surface area contributed by atoms with Crippen LogP contribution >= 0.6 is 11.6 Å². The number of halogens is 1. The molecule has 166 valence electrons. The van der Waals surface area contributed by atoms with Gasteiger partial charge in [-0.05, 0) is 73.9 Å². The van der Waals surface area contributed by atoms with Gasteiger partial charge in [0.1, 0.15) is 18.1 Å². The van der Waals surface area contributed by atoms with E-state index in [0.29, 0.717) is 41.0 Å². The van der Waals surface area contributed by atoms with E-state index < -0.39 is 0 Å². The van der Waals surface area contributed by atoms with Gasteiger partial charge in [0, 0.05) is 43.2 Å². The zero-order valence-electron chi connectivity index (χ0n) is 18.0. The standard InChI is InChI=1S/C26H27ClN2O3/c27-25-16-23(6-3-21(25)17-28)32-24-13-19(14-24)15-26(31)20-1-4-22(5-2-20)29-10-7-18(8-11-29)9-12-30/h1-6,12,16,18-19,24H,7-11,13-15H2. The van der Waals surface area contributed by atoms with Crippen LogP contribution in [0.4, 0.5) is 5.69 Å². The lowest BCUT2D eigenvalue weighted by Gasteiger charge is -2.35. The van der Waals surface area contributed by atoms with Crippen molar-refractivity contribution in [3.63, 3.8) is 0 Å². The molecule has 1 saturated carbocycles. The summed E-state index contributed by atoms with van der Waals surface area (Å²) >= 11 is 6.06. The average Bonchev–Trinajstić information content (AvgIpc) is 2.78. The lowest BCUT2D eigenvalue weighted by molar-refractivity contribution is -0.108. The molecule has 32 heavy (non-hydrogen) atoms. The summed E-state index contributed by atoms with van der Waals surface area (Å²) in [6.07, 6.45) is 6.08. The Kier molecular flexibility index (Phi) is 7.12. The van der Waals surface area contributed by atoms with Crippen molar-refractivity contribution in [2.75, 3.05) is 18.0 Å². The van der Waals surface area contributed by atoms with Gasteiger partial charge in [0.15, 0.2) is 5.78 Å². The lowest BCUT2D eigenvalue weighted by Crippen LogP contribution is -2.35. The van der Waals surface area contributed by atoms with Gasteiger partial charge in [-0.15, -0.1) is 0 Å². The quantitative estimate of drug-likeness (QED) is 0.395. The number of benzene rings is 2. The molecule has 0 spiro atoms. The molecule has 0 bridgehead atoms. The molecule has 2 aromatic rings. The molecule has 0 aromatic heterocycles. The third-order valence-corrected chi connectivity index (χ3v) is 6.94. The van der Waals surface area contributed by atoms with Gasteiger partial charge in [-0.1, -0.05) is 11.6 Å². The molecule has 0 N–H and O–H groups in total. The van der Waals surface area contributed by atoms with Gasteiger partial charge in [0.05, 0.1) is 16.7 Å². The maximum atomic E-state index is 12.7. The number of carbonyl (C=O) groups excluding carboxylic acids is 2. The van der Waals surface area contributed by atoms with Gasteiger partial charge in [-0.25, -0.2) is 0 Å². The van der Waals surface area contributed by atoms with Gasteiger partial charge < -0.3 is 14.4 Å². The first-order valence-corrected chi connectivity index (χ1v) is 11.6. The first-order valence-electron chi connectivity index (χ1n) is 11.2. The highest BCUT2D eigenvalue weighted by Gasteiger charge is 2.32. The fraction of sp³-hybridized carbons (Fsp3) is 0.423. The summed E-state index contributed by atoms with van der Waals surface area (Å²) < 4.78 is 5.92. The largest absolute Gasteiger partial charge is 0.490 e. The van der Waals surface area contributed by atoms with Crippen molar-refractivity contribution in [2.45, 2.75) is 44.6 Å². The highest BCUT2D eigenvalue weighted by molar-refractivity contribution is 6.31. The third kappa shape index (κ3) is 5.31. The monoisotopic (exact) mass is 450 g/mol. The van der Waals surface area contributed by atoms with Crippen LogP contribution in [0.5, 0.6) is 5.75 Å². The second-order valence-corrected chi connectivity index (χ2v) is 9.24. The number of ether oxygens (including phenoxy) is 1. The minimum Gasteiger partial charge on any atom is -0.490 e. The summed E-state index contributed by atoms with van der Waals surface area (Å²) in [5.74, 6) is 1.67. The molecule has 1 saturated heterocycles. The van der Waals surface area contributed by atoms with Gasteiger partial charge in [-0.2, -0.15) is 5.26 Å².